The Kier molecular flexibility index (Phi) is 9.63. The average Bonchev–Trinajstić information content (AvgIpc) is 2.54. The zero-order valence-corrected chi connectivity index (χ0v) is 15.8. The Labute approximate surface area is 151 Å². The molecule has 0 aliphatic rings. The van der Waals surface area contributed by atoms with Gasteiger partial charge in [0.05, 0.1) is 7.11 Å². The number of ketones is 1. The van der Waals surface area contributed by atoms with Gasteiger partial charge >= 0.3 is 0 Å². The molecule has 0 atom stereocenters. The van der Waals surface area contributed by atoms with E-state index in [-0.39, 0.29) is 29.5 Å². The van der Waals surface area contributed by atoms with Crippen molar-refractivity contribution in [3.05, 3.63) is 29.8 Å². The summed E-state index contributed by atoms with van der Waals surface area (Å²) in [5.41, 5.74) is 6.24. The quantitative estimate of drug-likeness (QED) is 0.690. The van der Waals surface area contributed by atoms with E-state index in [9.17, 15) is 9.59 Å². The summed E-state index contributed by atoms with van der Waals surface area (Å²) in [6, 6.07) is 7.03. The zero-order chi connectivity index (χ0) is 17.5. The van der Waals surface area contributed by atoms with Crippen LogP contribution in [0.3, 0.4) is 0 Å². The predicted molar refractivity (Wildman–Crippen MR) is 98.9 cm³/mol. The molecule has 136 valence electrons. The molecule has 0 saturated heterocycles. The Hall–Kier alpha value is -1.59. The first-order chi connectivity index (χ1) is 10.8. The molecule has 0 aliphatic heterocycles. The fraction of sp³-hybridized carbons (Fsp3) is 0.556. The molecule has 0 unspecified atom stereocenters. The SMILES string of the molecule is COc1ccc(C(=O)CCCC(=O)N(C)CC(C)(C)CN)cc1.Cl. The van der Waals surface area contributed by atoms with Crippen molar-refractivity contribution in [1.29, 1.82) is 0 Å². The molecule has 6 heteroatoms. The molecule has 0 saturated carbocycles. The molecular formula is C18H29ClN2O3. The van der Waals surface area contributed by atoms with Crippen LogP contribution in [0.2, 0.25) is 0 Å². The van der Waals surface area contributed by atoms with Crippen molar-refractivity contribution in [1.82, 2.24) is 4.90 Å². The third-order valence-electron chi connectivity index (χ3n) is 3.85. The highest BCUT2D eigenvalue weighted by Crippen LogP contribution is 2.16. The number of carbonyl (C=O) groups is 2. The van der Waals surface area contributed by atoms with Crippen LogP contribution >= 0.6 is 12.4 Å². The third-order valence-corrected chi connectivity index (χ3v) is 3.85. The zero-order valence-electron chi connectivity index (χ0n) is 15.0. The maximum absolute atomic E-state index is 12.1. The van der Waals surface area contributed by atoms with Gasteiger partial charge in [-0.25, -0.2) is 0 Å². The van der Waals surface area contributed by atoms with E-state index in [0.29, 0.717) is 37.9 Å². The highest BCUT2D eigenvalue weighted by molar-refractivity contribution is 5.96. The van der Waals surface area contributed by atoms with Crippen molar-refractivity contribution in [3.8, 4) is 5.75 Å². The molecule has 1 rings (SSSR count). The minimum Gasteiger partial charge on any atom is -0.497 e. The maximum atomic E-state index is 12.1. The standard InChI is InChI=1S/C18H28N2O3.ClH/c1-18(2,12-19)13-20(3)17(22)7-5-6-16(21)14-8-10-15(23-4)11-9-14;/h8-11H,5-7,12-13,19H2,1-4H3;1H. The summed E-state index contributed by atoms with van der Waals surface area (Å²) >= 11 is 0. The molecule has 0 radical (unpaired) electrons. The number of hydrogen-bond donors (Lipinski definition) is 1. The van der Waals surface area contributed by atoms with Gasteiger partial charge in [0.15, 0.2) is 5.78 Å². The minimum absolute atomic E-state index is 0. The van der Waals surface area contributed by atoms with E-state index in [4.69, 9.17) is 10.5 Å². The van der Waals surface area contributed by atoms with E-state index in [1.807, 2.05) is 13.8 Å². The number of methoxy groups -OCH3 is 1. The van der Waals surface area contributed by atoms with Crippen molar-refractivity contribution >= 4 is 24.1 Å². The van der Waals surface area contributed by atoms with Crippen LogP contribution in [0.15, 0.2) is 24.3 Å². The van der Waals surface area contributed by atoms with E-state index >= 15 is 0 Å². The summed E-state index contributed by atoms with van der Waals surface area (Å²) < 4.78 is 5.07. The Bertz CT molecular complexity index is 530. The number of rotatable bonds is 9. The second-order valence-corrected chi connectivity index (χ2v) is 6.62. The first kappa shape index (κ1) is 22.4. The van der Waals surface area contributed by atoms with Crippen molar-refractivity contribution in [2.45, 2.75) is 33.1 Å². The van der Waals surface area contributed by atoms with Crippen molar-refractivity contribution in [2.24, 2.45) is 11.1 Å². The van der Waals surface area contributed by atoms with Crippen LogP contribution in [-0.2, 0) is 4.79 Å². The molecule has 1 aromatic carbocycles. The summed E-state index contributed by atoms with van der Waals surface area (Å²) in [5.74, 6) is 0.820. The lowest BCUT2D eigenvalue weighted by Gasteiger charge is -2.29. The van der Waals surface area contributed by atoms with Gasteiger partial charge in [-0.05, 0) is 42.6 Å². The van der Waals surface area contributed by atoms with Crippen molar-refractivity contribution in [2.75, 3.05) is 27.2 Å². The molecule has 24 heavy (non-hydrogen) atoms. The minimum atomic E-state index is -0.0939. The third kappa shape index (κ3) is 7.32. The first-order valence-electron chi connectivity index (χ1n) is 7.90. The Morgan fingerprint density at radius 3 is 2.25 bits per heavy atom. The molecule has 5 nitrogen and oxygen atoms in total. The van der Waals surface area contributed by atoms with Gasteiger partial charge in [-0.2, -0.15) is 0 Å². The van der Waals surface area contributed by atoms with Gasteiger partial charge in [-0.3, -0.25) is 9.59 Å². The molecule has 0 aliphatic carbocycles. The second kappa shape index (κ2) is 10.3. The Morgan fingerprint density at radius 1 is 1.17 bits per heavy atom. The Balaban J connectivity index is 0.00000529. The molecule has 0 fully saturated rings. The van der Waals surface area contributed by atoms with Gasteiger partial charge in [0, 0.05) is 32.0 Å². The Morgan fingerprint density at radius 2 is 1.75 bits per heavy atom. The highest BCUT2D eigenvalue weighted by Gasteiger charge is 2.21. The number of ether oxygens (including phenoxy) is 1. The molecular weight excluding hydrogens is 328 g/mol. The van der Waals surface area contributed by atoms with E-state index in [2.05, 4.69) is 0 Å². The number of nitrogens with zero attached hydrogens (tertiary/aromatic N) is 1. The van der Waals surface area contributed by atoms with Crippen LogP contribution in [0.4, 0.5) is 0 Å². The predicted octanol–water partition coefficient (Wildman–Crippen LogP) is 2.91. The number of carbonyl (C=O) groups excluding carboxylic acids is 2. The summed E-state index contributed by atoms with van der Waals surface area (Å²) in [6.07, 6.45) is 1.29. The van der Waals surface area contributed by atoms with Gasteiger partial charge in [0.1, 0.15) is 5.75 Å². The van der Waals surface area contributed by atoms with Gasteiger partial charge in [-0.15, -0.1) is 12.4 Å². The van der Waals surface area contributed by atoms with Gasteiger partial charge < -0.3 is 15.4 Å². The molecule has 0 bridgehead atoms. The average molecular weight is 357 g/mol. The summed E-state index contributed by atoms with van der Waals surface area (Å²) in [4.78, 5) is 25.9. The number of benzene rings is 1. The van der Waals surface area contributed by atoms with Crippen LogP contribution in [-0.4, -0.2) is 43.8 Å². The van der Waals surface area contributed by atoms with Gasteiger partial charge in [-0.1, -0.05) is 13.8 Å². The van der Waals surface area contributed by atoms with Crippen LogP contribution in [0.25, 0.3) is 0 Å². The van der Waals surface area contributed by atoms with E-state index < -0.39 is 0 Å². The fourth-order valence-electron chi connectivity index (χ4n) is 2.31. The lowest BCUT2D eigenvalue weighted by atomic mass is 9.93. The molecule has 1 amide bonds. The van der Waals surface area contributed by atoms with E-state index in [0.717, 1.165) is 5.75 Å². The highest BCUT2D eigenvalue weighted by atomic mass is 35.5. The monoisotopic (exact) mass is 356 g/mol. The number of hydrogen-bond acceptors (Lipinski definition) is 4. The number of halogens is 1. The lowest BCUT2D eigenvalue weighted by Crippen LogP contribution is -2.39. The summed E-state index contributed by atoms with van der Waals surface area (Å²) in [5, 5.41) is 0. The number of amides is 1. The van der Waals surface area contributed by atoms with E-state index in [1.54, 1.807) is 43.3 Å². The van der Waals surface area contributed by atoms with Crippen LogP contribution < -0.4 is 10.5 Å². The molecule has 1 aromatic rings. The number of Topliss-reactive ketones (excluding diaryl/α,β-unsaturated/α-hetero) is 1. The molecule has 0 aromatic heterocycles. The van der Waals surface area contributed by atoms with Crippen LogP contribution in [0.5, 0.6) is 5.75 Å². The second-order valence-electron chi connectivity index (χ2n) is 6.62. The molecule has 0 spiro atoms. The topological polar surface area (TPSA) is 72.6 Å². The summed E-state index contributed by atoms with van der Waals surface area (Å²) in [6.45, 7) is 5.21. The van der Waals surface area contributed by atoms with Crippen molar-refractivity contribution in [3.63, 3.8) is 0 Å². The largest absolute Gasteiger partial charge is 0.497 e. The summed E-state index contributed by atoms with van der Waals surface area (Å²) in [7, 11) is 3.37. The van der Waals surface area contributed by atoms with Crippen LogP contribution in [0.1, 0.15) is 43.5 Å². The smallest absolute Gasteiger partial charge is 0.222 e. The van der Waals surface area contributed by atoms with Crippen molar-refractivity contribution < 1.29 is 14.3 Å². The lowest BCUT2D eigenvalue weighted by molar-refractivity contribution is -0.131. The van der Waals surface area contributed by atoms with Gasteiger partial charge in [0.25, 0.3) is 0 Å². The van der Waals surface area contributed by atoms with Gasteiger partial charge in [0.2, 0.25) is 5.91 Å². The maximum Gasteiger partial charge on any atom is 0.222 e. The fourth-order valence-corrected chi connectivity index (χ4v) is 2.31. The normalized spacial score (nSPS) is 10.7. The van der Waals surface area contributed by atoms with E-state index in [1.165, 1.54) is 0 Å². The van der Waals surface area contributed by atoms with Crippen LogP contribution in [0, 0.1) is 5.41 Å². The molecule has 2 N–H and O–H groups in total. The first-order valence-corrected chi connectivity index (χ1v) is 7.90. The number of nitrogens with two attached hydrogens (primary N) is 1. The molecule has 0 heterocycles.